The summed E-state index contributed by atoms with van der Waals surface area (Å²) in [5.74, 6) is -0.453. The van der Waals surface area contributed by atoms with Gasteiger partial charge >= 0.3 is 5.97 Å². The van der Waals surface area contributed by atoms with Gasteiger partial charge in [-0.05, 0) is 77.8 Å². The van der Waals surface area contributed by atoms with E-state index in [0.29, 0.717) is 12.4 Å². The molecule has 1 aliphatic rings. The summed E-state index contributed by atoms with van der Waals surface area (Å²) in [6.07, 6.45) is 1.31. The fraction of sp³-hybridized carbons (Fsp3) is 0.261. The molecule has 1 fully saturated rings. The maximum absolute atomic E-state index is 12.6. The minimum Gasteiger partial charge on any atom is -0.488 e. The largest absolute Gasteiger partial charge is 0.488 e. The average molecular weight is 504 g/mol. The summed E-state index contributed by atoms with van der Waals surface area (Å²) in [6, 6.07) is 13.5. The van der Waals surface area contributed by atoms with Crippen LogP contribution in [0.1, 0.15) is 30.5 Å². The van der Waals surface area contributed by atoms with Crippen LogP contribution in [0.3, 0.4) is 0 Å². The fourth-order valence-electron chi connectivity index (χ4n) is 2.90. The van der Waals surface area contributed by atoms with Crippen LogP contribution in [0.2, 0.25) is 0 Å². The number of hydrogen-bond donors (Lipinski definition) is 0. The standard InChI is InChI=1S/C23H22BrNO5S/c1-14(2)30-21(26)12-25-22(27)20(31-23(25)28)11-16-7-8-19(18(24)10-16)29-13-17-6-4-5-15(3)9-17/h4-11,14H,12-13H2,1-3H3/b20-11+. The van der Waals surface area contributed by atoms with E-state index < -0.39 is 23.7 Å². The van der Waals surface area contributed by atoms with Gasteiger partial charge in [-0.1, -0.05) is 35.9 Å². The first-order valence-corrected chi connectivity index (χ1v) is 11.3. The van der Waals surface area contributed by atoms with Crippen LogP contribution in [0, 0.1) is 6.92 Å². The highest BCUT2D eigenvalue weighted by Gasteiger charge is 2.36. The molecule has 0 radical (unpaired) electrons. The van der Waals surface area contributed by atoms with Crippen LogP contribution in [-0.2, 0) is 20.9 Å². The van der Waals surface area contributed by atoms with E-state index in [9.17, 15) is 14.4 Å². The molecule has 0 aliphatic carbocycles. The Morgan fingerprint density at radius 3 is 2.65 bits per heavy atom. The van der Waals surface area contributed by atoms with Crippen molar-refractivity contribution in [2.24, 2.45) is 0 Å². The van der Waals surface area contributed by atoms with Gasteiger partial charge in [-0.25, -0.2) is 0 Å². The highest BCUT2D eigenvalue weighted by molar-refractivity contribution is 9.10. The molecule has 0 atom stereocenters. The third-order valence-corrected chi connectivity index (χ3v) is 5.79. The summed E-state index contributed by atoms with van der Waals surface area (Å²) in [5.41, 5.74) is 2.97. The molecule has 2 aromatic rings. The third kappa shape index (κ3) is 6.21. The zero-order chi connectivity index (χ0) is 22.5. The second-order valence-electron chi connectivity index (χ2n) is 7.27. The Morgan fingerprint density at radius 2 is 1.97 bits per heavy atom. The number of rotatable bonds is 7. The third-order valence-electron chi connectivity index (χ3n) is 4.26. The molecule has 2 aromatic carbocycles. The molecule has 1 saturated heterocycles. The van der Waals surface area contributed by atoms with Crippen molar-refractivity contribution in [3.8, 4) is 5.75 Å². The highest BCUT2D eigenvalue weighted by Crippen LogP contribution is 2.34. The SMILES string of the molecule is Cc1cccc(COc2ccc(/C=C3/SC(=O)N(CC(=O)OC(C)C)C3=O)cc2Br)c1. The van der Waals surface area contributed by atoms with Crippen LogP contribution in [0.4, 0.5) is 4.79 Å². The quantitative estimate of drug-likeness (QED) is 0.375. The van der Waals surface area contributed by atoms with Crippen LogP contribution in [0.15, 0.2) is 51.8 Å². The topological polar surface area (TPSA) is 72.9 Å². The number of carbonyl (C=O) groups is 3. The van der Waals surface area contributed by atoms with E-state index >= 15 is 0 Å². The number of esters is 1. The molecule has 6 nitrogen and oxygen atoms in total. The number of hydrogen-bond acceptors (Lipinski definition) is 6. The normalized spacial score (nSPS) is 15.1. The number of carbonyl (C=O) groups excluding carboxylic acids is 3. The Bertz CT molecular complexity index is 1050. The lowest BCUT2D eigenvalue weighted by atomic mass is 10.1. The number of ether oxygens (including phenoxy) is 2. The summed E-state index contributed by atoms with van der Waals surface area (Å²) in [7, 11) is 0. The Hall–Kier alpha value is -2.58. The molecule has 0 spiro atoms. The number of benzene rings is 2. The molecule has 0 saturated carbocycles. The molecule has 0 bridgehead atoms. The predicted octanol–water partition coefficient (Wildman–Crippen LogP) is 5.32. The fourth-order valence-corrected chi connectivity index (χ4v) is 4.25. The molecule has 3 rings (SSSR count). The molecule has 162 valence electrons. The minimum atomic E-state index is -0.614. The van der Waals surface area contributed by atoms with Crippen LogP contribution < -0.4 is 4.74 Å². The van der Waals surface area contributed by atoms with Gasteiger partial charge in [-0.3, -0.25) is 19.3 Å². The molecule has 2 amide bonds. The average Bonchev–Trinajstić information content (AvgIpc) is 2.94. The number of imide groups is 1. The van der Waals surface area contributed by atoms with Gasteiger partial charge in [0.25, 0.3) is 11.1 Å². The van der Waals surface area contributed by atoms with Crippen molar-refractivity contribution in [3.05, 3.63) is 68.5 Å². The van der Waals surface area contributed by atoms with Gasteiger partial charge in [0, 0.05) is 0 Å². The Kier molecular flexibility index (Phi) is 7.56. The molecule has 1 aliphatic heterocycles. The Morgan fingerprint density at radius 1 is 1.19 bits per heavy atom. The molecular formula is C23H22BrNO5S. The van der Waals surface area contributed by atoms with Crippen molar-refractivity contribution in [2.75, 3.05) is 6.54 Å². The van der Waals surface area contributed by atoms with Gasteiger partial charge in [-0.15, -0.1) is 0 Å². The number of nitrogens with zero attached hydrogens (tertiary/aromatic N) is 1. The molecule has 0 N–H and O–H groups in total. The van der Waals surface area contributed by atoms with E-state index in [1.807, 2.05) is 31.2 Å². The highest BCUT2D eigenvalue weighted by atomic mass is 79.9. The first kappa shape index (κ1) is 23.1. The monoisotopic (exact) mass is 503 g/mol. The Labute approximate surface area is 193 Å². The van der Waals surface area contributed by atoms with Crippen molar-refractivity contribution in [1.82, 2.24) is 4.90 Å². The van der Waals surface area contributed by atoms with Gasteiger partial charge in [0.1, 0.15) is 18.9 Å². The zero-order valence-electron chi connectivity index (χ0n) is 17.4. The van der Waals surface area contributed by atoms with E-state index in [0.717, 1.165) is 32.3 Å². The van der Waals surface area contributed by atoms with Gasteiger partial charge in [0.15, 0.2) is 0 Å². The molecule has 1 heterocycles. The van der Waals surface area contributed by atoms with Crippen molar-refractivity contribution in [3.63, 3.8) is 0 Å². The van der Waals surface area contributed by atoms with Crippen molar-refractivity contribution >= 4 is 50.9 Å². The first-order chi connectivity index (χ1) is 14.7. The van der Waals surface area contributed by atoms with Crippen molar-refractivity contribution < 1.29 is 23.9 Å². The summed E-state index contributed by atoms with van der Waals surface area (Å²) < 4.78 is 11.6. The summed E-state index contributed by atoms with van der Waals surface area (Å²) in [6.45, 7) is 5.49. The Balaban J connectivity index is 1.67. The van der Waals surface area contributed by atoms with Crippen LogP contribution in [0.5, 0.6) is 5.75 Å². The molecule has 31 heavy (non-hydrogen) atoms. The van der Waals surface area contributed by atoms with Crippen molar-refractivity contribution in [2.45, 2.75) is 33.5 Å². The number of halogens is 1. The molecule has 0 unspecified atom stereocenters. The summed E-state index contributed by atoms with van der Waals surface area (Å²) in [4.78, 5) is 37.7. The van der Waals surface area contributed by atoms with Gasteiger partial charge in [0.05, 0.1) is 15.5 Å². The lowest BCUT2D eigenvalue weighted by Crippen LogP contribution is -2.35. The summed E-state index contributed by atoms with van der Waals surface area (Å²) >= 11 is 4.30. The van der Waals surface area contributed by atoms with E-state index in [4.69, 9.17) is 9.47 Å². The van der Waals surface area contributed by atoms with Gasteiger partial charge in [0.2, 0.25) is 0 Å². The molecule has 0 aromatic heterocycles. The van der Waals surface area contributed by atoms with E-state index in [1.54, 1.807) is 32.1 Å². The first-order valence-electron chi connectivity index (χ1n) is 9.65. The van der Waals surface area contributed by atoms with E-state index in [-0.39, 0.29) is 11.0 Å². The maximum atomic E-state index is 12.6. The second-order valence-corrected chi connectivity index (χ2v) is 9.12. The molecular weight excluding hydrogens is 482 g/mol. The number of amides is 2. The lowest BCUT2D eigenvalue weighted by molar-refractivity contribution is -0.149. The number of aryl methyl sites for hydroxylation is 1. The van der Waals surface area contributed by atoms with Crippen LogP contribution >= 0.6 is 27.7 Å². The van der Waals surface area contributed by atoms with Crippen LogP contribution in [-0.4, -0.2) is 34.7 Å². The zero-order valence-corrected chi connectivity index (χ0v) is 19.8. The van der Waals surface area contributed by atoms with Crippen molar-refractivity contribution in [1.29, 1.82) is 0 Å². The van der Waals surface area contributed by atoms with Gasteiger partial charge in [-0.2, -0.15) is 0 Å². The van der Waals surface area contributed by atoms with Crippen LogP contribution in [0.25, 0.3) is 6.08 Å². The predicted molar refractivity (Wildman–Crippen MR) is 124 cm³/mol. The second kappa shape index (κ2) is 10.2. The maximum Gasteiger partial charge on any atom is 0.326 e. The molecule has 8 heteroatoms. The smallest absolute Gasteiger partial charge is 0.326 e. The number of thioether (sulfide) groups is 1. The summed E-state index contributed by atoms with van der Waals surface area (Å²) in [5, 5.41) is -0.492. The minimum absolute atomic E-state index is 0.252. The van der Waals surface area contributed by atoms with E-state index in [1.165, 1.54) is 5.56 Å². The van der Waals surface area contributed by atoms with E-state index in [2.05, 4.69) is 22.0 Å². The lowest BCUT2D eigenvalue weighted by Gasteiger charge is -2.13. The van der Waals surface area contributed by atoms with Gasteiger partial charge < -0.3 is 9.47 Å².